The van der Waals surface area contributed by atoms with E-state index in [4.69, 9.17) is 10.5 Å². The van der Waals surface area contributed by atoms with Gasteiger partial charge in [-0.2, -0.15) is 0 Å². The Labute approximate surface area is 114 Å². The molecule has 0 bridgehead atoms. The fraction of sp³-hybridized carbons (Fsp3) is 0.312. The molecule has 0 atom stereocenters. The molecule has 3 heteroatoms. The van der Waals surface area contributed by atoms with E-state index in [2.05, 4.69) is 37.0 Å². The largest absolute Gasteiger partial charge is 0.492 e. The Morgan fingerprint density at radius 2 is 2.05 bits per heavy atom. The molecule has 3 nitrogen and oxygen atoms in total. The van der Waals surface area contributed by atoms with Crippen LogP contribution in [0.5, 0.6) is 5.75 Å². The van der Waals surface area contributed by atoms with Gasteiger partial charge in [0, 0.05) is 18.3 Å². The lowest BCUT2D eigenvalue weighted by atomic mass is 9.99. The van der Waals surface area contributed by atoms with Crippen molar-refractivity contribution in [2.24, 2.45) is 5.73 Å². The summed E-state index contributed by atoms with van der Waals surface area (Å²) >= 11 is 0. The van der Waals surface area contributed by atoms with Crippen LogP contribution in [0.1, 0.15) is 24.5 Å². The highest BCUT2D eigenvalue weighted by Crippen LogP contribution is 2.26. The van der Waals surface area contributed by atoms with E-state index in [0.717, 1.165) is 28.9 Å². The third-order valence-electron chi connectivity index (χ3n) is 3.03. The molecule has 1 aromatic heterocycles. The Morgan fingerprint density at radius 1 is 1.21 bits per heavy atom. The van der Waals surface area contributed by atoms with E-state index >= 15 is 0 Å². The van der Waals surface area contributed by atoms with Gasteiger partial charge >= 0.3 is 0 Å². The molecule has 0 aliphatic carbocycles. The molecule has 0 spiro atoms. The normalized spacial score (nSPS) is 10.5. The summed E-state index contributed by atoms with van der Waals surface area (Å²) in [5.41, 5.74) is 10.3. The smallest absolute Gasteiger partial charge is 0.138 e. The van der Waals surface area contributed by atoms with Crippen molar-refractivity contribution >= 4 is 0 Å². The quantitative estimate of drug-likeness (QED) is 0.892. The zero-order valence-corrected chi connectivity index (χ0v) is 11.5. The Hall–Kier alpha value is -1.87. The molecule has 19 heavy (non-hydrogen) atoms. The van der Waals surface area contributed by atoms with Gasteiger partial charge in [-0.1, -0.05) is 19.1 Å². The van der Waals surface area contributed by atoms with Crippen LogP contribution in [0, 0.1) is 6.92 Å². The van der Waals surface area contributed by atoms with E-state index in [9.17, 15) is 0 Å². The van der Waals surface area contributed by atoms with Crippen molar-refractivity contribution in [3.8, 4) is 16.9 Å². The van der Waals surface area contributed by atoms with Crippen LogP contribution in [0.15, 0.2) is 36.7 Å². The average molecular weight is 256 g/mol. The maximum atomic E-state index is 5.70. The Kier molecular flexibility index (Phi) is 4.53. The second-order valence-electron chi connectivity index (χ2n) is 4.61. The molecule has 0 unspecified atom stereocenters. The summed E-state index contributed by atoms with van der Waals surface area (Å²) in [7, 11) is 0. The first-order valence-electron chi connectivity index (χ1n) is 6.62. The van der Waals surface area contributed by atoms with Crippen LogP contribution in [0.2, 0.25) is 0 Å². The minimum atomic E-state index is 0.548. The highest BCUT2D eigenvalue weighted by Gasteiger charge is 2.05. The van der Waals surface area contributed by atoms with Crippen LogP contribution in [-0.2, 0) is 6.54 Å². The zero-order valence-electron chi connectivity index (χ0n) is 11.5. The predicted octanol–water partition coefficient (Wildman–Crippen LogP) is 3.30. The highest BCUT2D eigenvalue weighted by atomic mass is 16.5. The van der Waals surface area contributed by atoms with Crippen LogP contribution in [0.4, 0.5) is 0 Å². The standard InChI is InChI=1S/C16H20N2O/c1-3-6-19-15-8-14(10-18-11-15)16-7-13(9-17)5-4-12(16)2/h4-5,7-8,10-11H,3,6,9,17H2,1-2H3. The Bertz CT molecular complexity index is 552. The van der Waals surface area contributed by atoms with Gasteiger partial charge in [-0.3, -0.25) is 4.98 Å². The lowest BCUT2D eigenvalue weighted by Gasteiger charge is -2.10. The number of pyridine rings is 1. The Morgan fingerprint density at radius 3 is 2.79 bits per heavy atom. The highest BCUT2D eigenvalue weighted by molar-refractivity contribution is 5.68. The molecule has 1 aromatic carbocycles. The number of nitrogens with zero attached hydrogens (tertiary/aromatic N) is 1. The fourth-order valence-corrected chi connectivity index (χ4v) is 1.97. The topological polar surface area (TPSA) is 48.1 Å². The molecule has 0 aliphatic rings. The van der Waals surface area contributed by atoms with Gasteiger partial charge in [0.2, 0.25) is 0 Å². The van der Waals surface area contributed by atoms with Crippen LogP contribution >= 0.6 is 0 Å². The van der Waals surface area contributed by atoms with E-state index in [1.54, 1.807) is 6.20 Å². The molecular weight excluding hydrogens is 236 g/mol. The number of hydrogen-bond donors (Lipinski definition) is 1. The molecule has 0 saturated carbocycles. The van der Waals surface area contributed by atoms with Gasteiger partial charge < -0.3 is 10.5 Å². The third kappa shape index (κ3) is 3.32. The molecule has 0 saturated heterocycles. The first-order valence-corrected chi connectivity index (χ1v) is 6.62. The van der Waals surface area contributed by atoms with Crippen molar-refractivity contribution in [3.63, 3.8) is 0 Å². The number of benzene rings is 1. The van der Waals surface area contributed by atoms with Crippen LogP contribution in [-0.4, -0.2) is 11.6 Å². The maximum absolute atomic E-state index is 5.70. The summed E-state index contributed by atoms with van der Waals surface area (Å²) in [6, 6.07) is 8.31. The van der Waals surface area contributed by atoms with Gasteiger partial charge in [-0.15, -0.1) is 0 Å². The van der Waals surface area contributed by atoms with E-state index in [1.807, 2.05) is 12.3 Å². The summed E-state index contributed by atoms with van der Waals surface area (Å²) in [4.78, 5) is 4.25. The minimum Gasteiger partial charge on any atom is -0.492 e. The summed E-state index contributed by atoms with van der Waals surface area (Å²) in [6.07, 6.45) is 4.61. The minimum absolute atomic E-state index is 0.548. The number of aryl methyl sites for hydroxylation is 1. The molecule has 1 heterocycles. The lowest BCUT2D eigenvalue weighted by molar-refractivity contribution is 0.316. The molecule has 0 aliphatic heterocycles. The second-order valence-corrected chi connectivity index (χ2v) is 4.61. The number of aromatic nitrogens is 1. The fourth-order valence-electron chi connectivity index (χ4n) is 1.97. The van der Waals surface area contributed by atoms with E-state index in [1.165, 1.54) is 5.56 Å². The average Bonchev–Trinajstić information content (AvgIpc) is 2.46. The molecule has 2 aromatic rings. The van der Waals surface area contributed by atoms with E-state index < -0.39 is 0 Å². The SMILES string of the molecule is CCCOc1cncc(-c2cc(CN)ccc2C)c1. The summed E-state index contributed by atoms with van der Waals surface area (Å²) in [5.74, 6) is 0.817. The van der Waals surface area contributed by atoms with Crippen molar-refractivity contribution in [2.45, 2.75) is 26.8 Å². The van der Waals surface area contributed by atoms with Crippen molar-refractivity contribution in [1.82, 2.24) is 4.98 Å². The summed E-state index contributed by atoms with van der Waals surface area (Å²) in [5, 5.41) is 0. The molecule has 0 amide bonds. The molecular formula is C16H20N2O. The first-order chi connectivity index (χ1) is 9.24. The molecule has 0 fully saturated rings. The first kappa shape index (κ1) is 13.6. The number of nitrogens with two attached hydrogens (primary N) is 1. The van der Waals surface area contributed by atoms with Gasteiger partial charge in [-0.25, -0.2) is 0 Å². The maximum Gasteiger partial charge on any atom is 0.138 e. The number of rotatable bonds is 5. The summed E-state index contributed by atoms with van der Waals surface area (Å²) in [6.45, 7) is 5.45. The van der Waals surface area contributed by atoms with Gasteiger partial charge in [0.05, 0.1) is 12.8 Å². The predicted molar refractivity (Wildman–Crippen MR) is 78.1 cm³/mol. The van der Waals surface area contributed by atoms with Crippen molar-refractivity contribution in [1.29, 1.82) is 0 Å². The monoisotopic (exact) mass is 256 g/mol. The van der Waals surface area contributed by atoms with Crippen molar-refractivity contribution in [3.05, 3.63) is 47.8 Å². The molecule has 2 N–H and O–H groups in total. The third-order valence-corrected chi connectivity index (χ3v) is 3.03. The van der Waals surface area contributed by atoms with Crippen LogP contribution in [0.25, 0.3) is 11.1 Å². The number of hydrogen-bond acceptors (Lipinski definition) is 3. The van der Waals surface area contributed by atoms with Crippen molar-refractivity contribution in [2.75, 3.05) is 6.61 Å². The molecule has 0 radical (unpaired) electrons. The second kappa shape index (κ2) is 6.34. The van der Waals surface area contributed by atoms with Crippen LogP contribution < -0.4 is 10.5 Å². The Balaban J connectivity index is 2.35. The lowest BCUT2D eigenvalue weighted by Crippen LogP contribution is -1.98. The van der Waals surface area contributed by atoms with Gasteiger partial charge in [-0.05, 0) is 42.2 Å². The van der Waals surface area contributed by atoms with Gasteiger partial charge in [0.25, 0.3) is 0 Å². The number of ether oxygens (including phenoxy) is 1. The zero-order chi connectivity index (χ0) is 13.7. The van der Waals surface area contributed by atoms with E-state index in [0.29, 0.717) is 13.2 Å². The summed E-state index contributed by atoms with van der Waals surface area (Å²) < 4.78 is 5.63. The van der Waals surface area contributed by atoms with E-state index in [-0.39, 0.29) is 0 Å². The van der Waals surface area contributed by atoms with Crippen molar-refractivity contribution < 1.29 is 4.74 Å². The molecule has 100 valence electrons. The molecule has 2 rings (SSSR count). The van der Waals surface area contributed by atoms with Crippen LogP contribution in [0.3, 0.4) is 0 Å². The van der Waals surface area contributed by atoms with Gasteiger partial charge in [0.1, 0.15) is 5.75 Å². The van der Waals surface area contributed by atoms with Gasteiger partial charge in [0.15, 0.2) is 0 Å².